The number of aromatic nitrogens is 3. The normalized spacial score (nSPS) is 11.9. The van der Waals surface area contributed by atoms with Crippen molar-refractivity contribution in [3.63, 3.8) is 0 Å². The summed E-state index contributed by atoms with van der Waals surface area (Å²) >= 11 is 0. The summed E-state index contributed by atoms with van der Waals surface area (Å²) in [4.78, 5) is 29.6. The molecule has 2 aromatic rings. The maximum absolute atomic E-state index is 11.8. The van der Waals surface area contributed by atoms with Gasteiger partial charge in [0, 0.05) is 11.7 Å². The molecule has 0 saturated heterocycles. The van der Waals surface area contributed by atoms with Gasteiger partial charge in [-0.3, -0.25) is 14.3 Å². The summed E-state index contributed by atoms with van der Waals surface area (Å²) in [5, 5.41) is 0. The van der Waals surface area contributed by atoms with E-state index in [0.29, 0.717) is 5.52 Å². The van der Waals surface area contributed by atoms with E-state index in [2.05, 4.69) is 9.97 Å². The van der Waals surface area contributed by atoms with E-state index in [0.717, 1.165) is 0 Å². The molecule has 5 heteroatoms. The number of hydrogen-bond donors (Lipinski definition) is 1. The Morgan fingerprint density at radius 1 is 1.31 bits per heavy atom. The molecule has 2 heterocycles. The van der Waals surface area contributed by atoms with Crippen LogP contribution in [0.5, 0.6) is 0 Å². The Bertz CT molecular complexity index is 647. The number of nitrogens with zero attached hydrogens (tertiary/aromatic N) is 2. The number of aromatic amines is 1. The van der Waals surface area contributed by atoms with Crippen LogP contribution in [0, 0.1) is 0 Å². The Morgan fingerprint density at radius 3 is 2.62 bits per heavy atom. The summed E-state index contributed by atoms with van der Waals surface area (Å²) in [5.41, 5.74) is -0.400. The van der Waals surface area contributed by atoms with E-state index in [4.69, 9.17) is 0 Å². The first-order valence-corrected chi connectivity index (χ1v) is 5.02. The molecule has 0 amide bonds. The Labute approximate surface area is 91.8 Å². The van der Waals surface area contributed by atoms with Crippen molar-refractivity contribution < 1.29 is 0 Å². The minimum atomic E-state index is -0.443. The molecule has 0 aromatic carbocycles. The van der Waals surface area contributed by atoms with Crippen LogP contribution in [-0.2, 0) is 5.54 Å². The molecule has 0 aliphatic carbocycles. The molecule has 1 N–H and O–H groups in total. The number of rotatable bonds is 0. The van der Waals surface area contributed by atoms with E-state index in [-0.39, 0.29) is 5.52 Å². The summed E-state index contributed by atoms with van der Waals surface area (Å²) in [6.07, 6.45) is 1.54. The summed E-state index contributed by atoms with van der Waals surface area (Å²) < 4.78 is 1.54. The van der Waals surface area contributed by atoms with E-state index in [1.807, 2.05) is 20.8 Å². The largest absolute Gasteiger partial charge is 0.329 e. The van der Waals surface area contributed by atoms with Gasteiger partial charge < -0.3 is 0 Å². The highest BCUT2D eigenvalue weighted by atomic mass is 16.2. The molecule has 5 nitrogen and oxygen atoms in total. The van der Waals surface area contributed by atoms with E-state index < -0.39 is 16.8 Å². The van der Waals surface area contributed by atoms with Crippen molar-refractivity contribution in [3.05, 3.63) is 39.2 Å². The van der Waals surface area contributed by atoms with Crippen molar-refractivity contribution in [1.82, 2.24) is 14.5 Å². The van der Waals surface area contributed by atoms with Gasteiger partial charge in [0.2, 0.25) is 0 Å². The topological polar surface area (TPSA) is 67.8 Å². The zero-order valence-corrected chi connectivity index (χ0v) is 9.44. The zero-order valence-electron chi connectivity index (χ0n) is 9.44. The van der Waals surface area contributed by atoms with Crippen molar-refractivity contribution >= 4 is 11.0 Å². The van der Waals surface area contributed by atoms with Crippen LogP contribution < -0.4 is 11.2 Å². The first kappa shape index (κ1) is 10.6. The van der Waals surface area contributed by atoms with Gasteiger partial charge in [-0.05, 0) is 32.9 Å². The summed E-state index contributed by atoms with van der Waals surface area (Å²) in [6.45, 7) is 5.71. The predicted molar refractivity (Wildman–Crippen MR) is 61.6 cm³/mol. The molecule has 0 fully saturated rings. The highest BCUT2D eigenvalue weighted by Crippen LogP contribution is 2.15. The van der Waals surface area contributed by atoms with Crippen LogP contribution in [0.25, 0.3) is 11.0 Å². The van der Waals surface area contributed by atoms with Crippen LogP contribution in [0.1, 0.15) is 20.8 Å². The van der Waals surface area contributed by atoms with E-state index >= 15 is 0 Å². The molecule has 0 atom stereocenters. The van der Waals surface area contributed by atoms with Crippen LogP contribution in [0.15, 0.2) is 27.9 Å². The van der Waals surface area contributed by atoms with Gasteiger partial charge in [-0.2, -0.15) is 0 Å². The maximum Gasteiger partial charge on any atom is 0.329 e. The first-order chi connectivity index (χ1) is 7.41. The van der Waals surface area contributed by atoms with E-state index in [1.165, 1.54) is 10.8 Å². The van der Waals surface area contributed by atoms with Gasteiger partial charge in [0.1, 0.15) is 0 Å². The number of H-pyrrole nitrogens is 1. The van der Waals surface area contributed by atoms with Crippen molar-refractivity contribution in [2.45, 2.75) is 26.3 Å². The van der Waals surface area contributed by atoms with Crippen LogP contribution in [0.2, 0.25) is 0 Å². The summed E-state index contributed by atoms with van der Waals surface area (Å²) in [5.74, 6) is 0. The van der Waals surface area contributed by atoms with Crippen molar-refractivity contribution in [2.75, 3.05) is 0 Å². The lowest BCUT2D eigenvalue weighted by molar-refractivity contribution is 0.391. The summed E-state index contributed by atoms with van der Waals surface area (Å²) in [7, 11) is 0. The van der Waals surface area contributed by atoms with Crippen molar-refractivity contribution in [3.8, 4) is 0 Å². The second-order valence-electron chi connectivity index (χ2n) is 4.64. The van der Waals surface area contributed by atoms with Crippen LogP contribution >= 0.6 is 0 Å². The van der Waals surface area contributed by atoms with Gasteiger partial charge in [-0.25, -0.2) is 9.78 Å². The predicted octanol–water partition coefficient (Wildman–Crippen LogP) is 0.840. The average molecular weight is 219 g/mol. The molecule has 0 radical (unpaired) electrons. The molecule has 0 bridgehead atoms. The fraction of sp³-hybridized carbons (Fsp3) is 0.364. The van der Waals surface area contributed by atoms with Gasteiger partial charge in [0.05, 0.1) is 5.52 Å². The molecule has 2 rings (SSSR count). The van der Waals surface area contributed by atoms with Gasteiger partial charge in [0.15, 0.2) is 5.52 Å². The molecule has 0 aliphatic heterocycles. The van der Waals surface area contributed by atoms with Crippen LogP contribution in [0.3, 0.4) is 0 Å². The third kappa shape index (κ3) is 1.54. The summed E-state index contributed by atoms with van der Waals surface area (Å²) in [6, 6.07) is 3.44. The van der Waals surface area contributed by atoms with E-state index in [1.54, 1.807) is 12.1 Å². The van der Waals surface area contributed by atoms with Gasteiger partial charge in [-0.1, -0.05) is 0 Å². The third-order valence-electron chi connectivity index (χ3n) is 2.34. The van der Waals surface area contributed by atoms with Crippen molar-refractivity contribution in [1.29, 1.82) is 0 Å². The smallest absolute Gasteiger partial charge is 0.286 e. The molecule has 0 spiro atoms. The Hall–Kier alpha value is -1.91. The molecule has 0 aliphatic rings. The second-order valence-corrected chi connectivity index (χ2v) is 4.64. The molecule has 16 heavy (non-hydrogen) atoms. The monoisotopic (exact) mass is 219 g/mol. The molecule has 2 aromatic heterocycles. The standard InChI is InChI=1S/C11H13N3O2/c1-11(2,3)14-7-5-4-6-12-8(7)9(15)13-10(14)16/h4-6H,1-3H3,(H,13,15,16). The number of fused-ring (bicyclic) bond motifs is 1. The lowest BCUT2D eigenvalue weighted by Gasteiger charge is -2.23. The number of hydrogen-bond acceptors (Lipinski definition) is 3. The fourth-order valence-electron chi connectivity index (χ4n) is 1.74. The number of nitrogens with one attached hydrogen (secondary N) is 1. The van der Waals surface area contributed by atoms with Crippen LogP contribution in [0.4, 0.5) is 0 Å². The van der Waals surface area contributed by atoms with Gasteiger partial charge in [0.25, 0.3) is 5.56 Å². The molecule has 84 valence electrons. The third-order valence-corrected chi connectivity index (χ3v) is 2.34. The zero-order chi connectivity index (χ0) is 11.9. The second kappa shape index (κ2) is 3.30. The average Bonchev–Trinajstić information content (AvgIpc) is 2.15. The van der Waals surface area contributed by atoms with Gasteiger partial charge in [-0.15, -0.1) is 0 Å². The van der Waals surface area contributed by atoms with Crippen LogP contribution in [-0.4, -0.2) is 14.5 Å². The van der Waals surface area contributed by atoms with E-state index in [9.17, 15) is 9.59 Å². The highest BCUT2D eigenvalue weighted by molar-refractivity contribution is 5.73. The molecular formula is C11H13N3O2. The highest BCUT2D eigenvalue weighted by Gasteiger charge is 2.19. The number of pyridine rings is 1. The lowest BCUT2D eigenvalue weighted by atomic mass is 10.1. The van der Waals surface area contributed by atoms with Gasteiger partial charge >= 0.3 is 5.69 Å². The Balaban J connectivity index is 3.05. The first-order valence-electron chi connectivity index (χ1n) is 5.02. The Morgan fingerprint density at radius 2 is 2.00 bits per heavy atom. The maximum atomic E-state index is 11.8. The molecule has 0 saturated carbocycles. The lowest BCUT2D eigenvalue weighted by Crippen LogP contribution is -2.39. The SMILES string of the molecule is CC(C)(C)n1c(=O)[nH]c(=O)c2ncccc21. The minimum Gasteiger partial charge on any atom is -0.286 e. The fourth-order valence-corrected chi connectivity index (χ4v) is 1.74. The quantitative estimate of drug-likeness (QED) is 0.714. The van der Waals surface area contributed by atoms with Crippen molar-refractivity contribution in [2.24, 2.45) is 0 Å². The Kier molecular flexibility index (Phi) is 2.18. The minimum absolute atomic E-state index is 0.289. The molecular weight excluding hydrogens is 206 g/mol. The molecule has 0 unspecified atom stereocenters.